The van der Waals surface area contributed by atoms with Gasteiger partial charge in [-0.15, -0.1) is 0 Å². The fourth-order valence-electron chi connectivity index (χ4n) is 2.30. The molecule has 21 heavy (non-hydrogen) atoms. The van der Waals surface area contributed by atoms with Crippen molar-refractivity contribution in [3.63, 3.8) is 0 Å². The quantitative estimate of drug-likeness (QED) is 0.585. The van der Waals surface area contributed by atoms with Crippen molar-refractivity contribution in [2.75, 3.05) is 21.0 Å². The molecule has 0 aliphatic carbocycles. The summed E-state index contributed by atoms with van der Waals surface area (Å²) in [5.41, 5.74) is -0.779. The minimum Gasteiger partial charge on any atom is -0.497 e. The molecule has 1 heterocycles. The van der Waals surface area contributed by atoms with Crippen molar-refractivity contribution < 1.29 is 28.5 Å². The van der Waals surface area contributed by atoms with Crippen LogP contribution in [0.15, 0.2) is 36.3 Å². The van der Waals surface area contributed by atoms with Crippen LogP contribution in [0.3, 0.4) is 0 Å². The van der Waals surface area contributed by atoms with Gasteiger partial charge in [0.1, 0.15) is 18.3 Å². The number of aldehydes is 1. The number of esters is 1. The first kappa shape index (κ1) is 14.9. The molecule has 1 aliphatic rings. The van der Waals surface area contributed by atoms with E-state index in [4.69, 9.17) is 18.9 Å². The number of benzene rings is 1. The van der Waals surface area contributed by atoms with E-state index < -0.39 is 11.4 Å². The maximum atomic E-state index is 12.4. The summed E-state index contributed by atoms with van der Waals surface area (Å²) in [5, 5.41) is 0. The Morgan fingerprint density at radius 1 is 1.33 bits per heavy atom. The van der Waals surface area contributed by atoms with E-state index in [2.05, 4.69) is 0 Å². The van der Waals surface area contributed by atoms with Crippen LogP contribution in [0.25, 0.3) is 0 Å². The molecule has 6 heteroatoms. The average molecular weight is 292 g/mol. The van der Waals surface area contributed by atoms with Gasteiger partial charge >= 0.3 is 5.97 Å². The Bertz CT molecular complexity index is 548. The number of hydrogen-bond donors (Lipinski definition) is 0. The van der Waals surface area contributed by atoms with Crippen molar-refractivity contribution in [3.8, 4) is 5.75 Å². The van der Waals surface area contributed by atoms with E-state index >= 15 is 0 Å². The Balaban J connectivity index is 2.55. The third-order valence-electron chi connectivity index (χ3n) is 3.40. The molecule has 0 amide bonds. The lowest BCUT2D eigenvalue weighted by atomic mass is 9.76. The monoisotopic (exact) mass is 292 g/mol. The van der Waals surface area contributed by atoms with Crippen LogP contribution in [0.4, 0.5) is 0 Å². The van der Waals surface area contributed by atoms with Crippen LogP contribution >= 0.6 is 0 Å². The fourth-order valence-corrected chi connectivity index (χ4v) is 2.30. The normalized spacial score (nSPS) is 16.0. The van der Waals surface area contributed by atoms with Gasteiger partial charge in [-0.1, -0.05) is 12.1 Å². The van der Waals surface area contributed by atoms with E-state index in [1.165, 1.54) is 13.4 Å². The van der Waals surface area contributed by atoms with E-state index in [0.717, 1.165) is 0 Å². The zero-order valence-electron chi connectivity index (χ0n) is 11.8. The van der Waals surface area contributed by atoms with Crippen molar-refractivity contribution >= 4 is 12.3 Å². The molecular formula is C15H16O6. The summed E-state index contributed by atoms with van der Waals surface area (Å²) in [4.78, 5) is 23.5. The van der Waals surface area contributed by atoms with Gasteiger partial charge in [0.2, 0.25) is 6.79 Å². The first-order valence-corrected chi connectivity index (χ1v) is 6.30. The number of ether oxygens (including phenoxy) is 4. The van der Waals surface area contributed by atoms with Crippen molar-refractivity contribution in [3.05, 3.63) is 41.9 Å². The average Bonchev–Trinajstić information content (AvgIpc) is 3.06. The molecule has 0 fully saturated rings. The van der Waals surface area contributed by atoms with Crippen LogP contribution in [0, 0.1) is 0 Å². The molecule has 1 atom stereocenters. The summed E-state index contributed by atoms with van der Waals surface area (Å²) < 4.78 is 20.4. The summed E-state index contributed by atoms with van der Waals surface area (Å²) in [6.07, 6.45) is 1.88. The Kier molecular flexibility index (Phi) is 4.47. The lowest BCUT2D eigenvalue weighted by Gasteiger charge is -2.29. The first-order valence-electron chi connectivity index (χ1n) is 6.30. The smallest absolute Gasteiger partial charge is 0.324 e. The molecule has 1 aromatic rings. The molecule has 0 saturated carbocycles. The van der Waals surface area contributed by atoms with Crippen molar-refractivity contribution in [1.29, 1.82) is 0 Å². The van der Waals surface area contributed by atoms with Crippen molar-refractivity contribution in [2.45, 2.75) is 11.8 Å². The van der Waals surface area contributed by atoms with Crippen LogP contribution < -0.4 is 4.74 Å². The van der Waals surface area contributed by atoms with Crippen molar-refractivity contribution in [1.82, 2.24) is 0 Å². The van der Waals surface area contributed by atoms with Gasteiger partial charge in [0.25, 0.3) is 0 Å². The predicted octanol–water partition coefficient (Wildman–Crippen LogP) is 1.54. The molecule has 0 aromatic heterocycles. The highest BCUT2D eigenvalue weighted by Crippen LogP contribution is 2.39. The van der Waals surface area contributed by atoms with Gasteiger partial charge in [0.15, 0.2) is 11.2 Å². The zero-order chi connectivity index (χ0) is 15.3. The van der Waals surface area contributed by atoms with Crippen LogP contribution in [0.5, 0.6) is 5.75 Å². The van der Waals surface area contributed by atoms with Gasteiger partial charge in [0.05, 0.1) is 14.2 Å². The number of carbonyl (C=O) groups is 2. The number of carbonyl (C=O) groups excluding carboxylic acids is 2. The molecule has 0 spiro atoms. The van der Waals surface area contributed by atoms with E-state index in [0.29, 0.717) is 17.6 Å². The molecule has 1 aromatic carbocycles. The molecule has 112 valence electrons. The van der Waals surface area contributed by atoms with E-state index in [-0.39, 0.29) is 19.0 Å². The fraction of sp³-hybridized carbons (Fsp3) is 0.333. The molecule has 0 radical (unpaired) electrons. The minimum absolute atomic E-state index is 0.00306. The van der Waals surface area contributed by atoms with Crippen LogP contribution in [-0.4, -0.2) is 33.3 Å². The first-order chi connectivity index (χ1) is 10.2. The predicted molar refractivity (Wildman–Crippen MR) is 72.5 cm³/mol. The summed E-state index contributed by atoms with van der Waals surface area (Å²) in [5.74, 6) is 0.310. The summed E-state index contributed by atoms with van der Waals surface area (Å²) in [6, 6.07) is 6.80. The van der Waals surface area contributed by atoms with Crippen LogP contribution in [-0.2, 0) is 29.2 Å². The molecule has 0 saturated heterocycles. The number of methoxy groups -OCH3 is 2. The highest BCUT2D eigenvalue weighted by Gasteiger charge is 2.48. The Hall–Kier alpha value is -2.50. The Labute approximate surface area is 122 Å². The molecule has 6 nitrogen and oxygen atoms in total. The lowest BCUT2D eigenvalue weighted by Crippen LogP contribution is -2.39. The van der Waals surface area contributed by atoms with Crippen LogP contribution in [0.2, 0.25) is 0 Å². The number of rotatable bonds is 6. The summed E-state index contributed by atoms with van der Waals surface area (Å²) in [6.45, 7) is 0.00306. The molecule has 1 aliphatic heterocycles. The highest BCUT2D eigenvalue weighted by molar-refractivity contribution is 5.89. The maximum Gasteiger partial charge on any atom is 0.324 e. The molecule has 2 rings (SSSR count). The highest BCUT2D eigenvalue weighted by atomic mass is 16.7. The minimum atomic E-state index is -1.35. The van der Waals surface area contributed by atoms with Gasteiger partial charge in [-0.05, 0) is 17.7 Å². The second kappa shape index (κ2) is 6.30. The lowest BCUT2D eigenvalue weighted by molar-refractivity contribution is -0.148. The summed E-state index contributed by atoms with van der Waals surface area (Å²) >= 11 is 0. The van der Waals surface area contributed by atoms with Gasteiger partial charge in [0, 0.05) is 6.42 Å². The molecule has 0 bridgehead atoms. The standard InChI is InChI=1S/C15H16O6/c1-18-12-5-3-11(4-6-12)15(7-8-16,14(17)19-2)13-9-20-10-21-13/h3-6,8-9H,7,10H2,1-2H3. The van der Waals surface area contributed by atoms with Crippen molar-refractivity contribution in [2.24, 2.45) is 0 Å². The van der Waals surface area contributed by atoms with Gasteiger partial charge in [-0.25, -0.2) is 0 Å². The number of hydrogen-bond acceptors (Lipinski definition) is 6. The second-order valence-corrected chi connectivity index (χ2v) is 4.41. The Morgan fingerprint density at radius 2 is 2.05 bits per heavy atom. The van der Waals surface area contributed by atoms with E-state index in [1.807, 2.05) is 0 Å². The molecular weight excluding hydrogens is 276 g/mol. The zero-order valence-corrected chi connectivity index (χ0v) is 11.8. The third kappa shape index (κ3) is 2.56. The Morgan fingerprint density at radius 3 is 2.52 bits per heavy atom. The topological polar surface area (TPSA) is 71.1 Å². The SMILES string of the molecule is COC(=O)C(CC=O)(C1=COCO1)c1ccc(OC)cc1. The summed E-state index contributed by atoms with van der Waals surface area (Å²) in [7, 11) is 2.81. The maximum absolute atomic E-state index is 12.4. The van der Waals surface area contributed by atoms with E-state index in [9.17, 15) is 9.59 Å². The largest absolute Gasteiger partial charge is 0.497 e. The van der Waals surface area contributed by atoms with Gasteiger partial charge in [-0.2, -0.15) is 0 Å². The second-order valence-electron chi connectivity index (χ2n) is 4.41. The third-order valence-corrected chi connectivity index (χ3v) is 3.40. The van der Waals surface area contributed by atoms with Gasteiger partial charge in [-0.3, -0.25) is 4.79 Å². The van der Waals surface area contributed by atoms with Gasteiger partial charge < -0.3 is 23.7 Å². The van der Waals surface area contributed by atoms with Crippen LogP contribution in [0.1, 0.15) is 12.0 Å². The van der Waals surface area contributed by atoms with E-state index in [1.54, 1.807) is 31.4 Å². The molecule has 1 unspecified atom stereocenters. The molecule has 0 N–H and O–H groups in total.